The van der Waals surface area contributed by atoms with Crippen LogP contribution in [0.3, 0.4) is 0 Å². The van der Waals surface area contributed by atoms with Crippen molar-refractivity contribution in [3.8, 4) is 16.9 Å². The average molecular weight is 479 g/mol. The molecule has 3 aromatic carbocycles. The summed E-state index contributed by atoms with van der Waals surface area (Å²) in [7, 11) is 1.35. The van der Waals surface area contributed by atoms with Gasteiger partial charge in [-0.25, -0.2) is 4.79 Å². The van der Waals surface area contributed by atoms with E-state index >= 15 is 0 Å². The third-order valence-electron chi connectivity index (χ3n) is 5.72. The van der Waals surface area contributed by atoms with E-state index in [4.69, 9.17) is 21.1 Å². The summed E-state index contributed by atoms with van der Waals surface area (Å²) in [5, 5.41) is 14.3. The van der Waals surface area contributed by atoms with E-state index in [2.05, 4.69) is 29.6 Å². The molecule has 1 aliphatic rings. The van der Waals surface area contributed by atoms with Crippen LogP contribution in [0, 0.1) is 10.1 Å². The maximum atomic E-state index is 12.2. The molecule has 0 unspecified atom stereocenters. The van der Waals surface area contributed by atoms with Gasteiger partial charge in [0, 0.05) is 24.6 Å². The molecule has 8 heteroatoms. The molecule has 0 heterocycles. The summed E-state index contributed by atoms with van der Waals surface area (Å²) in [6, 6.07) is 19.1. The maximum absolute atomic E-state index is 12.2. The van der Waals surface area contributed by atoms with Crippen LogP contribution >= 0.6 is 11.6 Å². The van der Waals surface area contributed by atoms with Crippen molar-refractivity contribution in [1.82, 2.24) is 5.32 Å². The van der Waals surface area contributed by atoms with E-state index in [1.54, 1.807) is 12.2 Å². The van der Waals surface area contributed by atoms with E-state index in [1.807, 2.05) is 24.3 Å². The van der Waals surface area contributed by atoms with Crippen LogP contribution in [0.1, 0.15) is 29.0 Å². The average Bonchev–Trinajstić information content (AvgIpc) is 3.16. The molecule has 34 heavy (non-hydrogen) atoms. The first kappa shape index (κ1) is 23.3. The summed E-state index contributed by atoms with van der Waals surface area (Å²) in [6.07, 6.45) is 3.46. The highest BCUT2D eigenvalue weighted by atomic mass is 35.5. The summed E-state index contributed by atoms with van der Waals surface area (Å²) < 4.78 is 10.5. The third kappa shape index (κ3) is 4.89. The lowest BCUT2D eigenvalue weighted by Crippen LogP contribution is -2.26. The summed E-state index contributed by atoms with van der Waals surface area (Å²) in [5.41, 5.74) is 5.00. The number of carbonyl (C=O) groups is 1. The first-order chi connectivity index (χ1) is 16.5. The summed E-state index contributed by atoms with van der Waals surface area (Å²) in [5.74, 6) is 0.107. The minimum atomic E-state index is -0.523. The Balaban J connectivity index is 1.29. The molecular formula is C26H23ClN2O5. The predicted molar refractivity (Wildman–Crippen MR) is 131 cm³/mol. The van der Waals surface area contributed by atoms with Gasteiger partial charge in [-0.2, -0.15) is 0 Å². The minimum Gasteiger partial charge on any atom is -0.490 e. The Morgan fingerprint density at radius 3 is 2.38 bits per heavy atom. The van der Waals surface area contributed by atoms with Crippen LogP contribution in [-0.2, 0) is 4.74 Å². The second-order valence-electron chi connectivity index (χ2n) is 7.75. The molecule has 1 N–H and O–H groups in total. The van der Waals surface area contributed by atoms with Gasteiger partial charge in [-0.1, -0.05) is 72.3 Å². The molecule has 3 aromatic rings. The number of nitrogens with one attached hydrogen (secondary N) is 1. The smallest absolute Gasteiger partial charge is 0.407 e. The molecule has 1 aliphatic carbocycles. The first-order valence-corrected chi connectivity index (χ1v) is 11.1. The number of amides is 1. The molecular weight excluding hydrogens is 456 g/mol. The van der Waals surface area contributed by atoms with Crippen LogP contribution in [0.5, 0.6) is 5.75 Å². The number of nitro benzene ring substituents is 1. The van der Waals surface area contributed by atoms with Crippen LogP contribution in [0.25, 0.3) is 17.2 Å². The number of carbonyl (C=O) groups excluding carboxylic acids is 1. The SMILES string of the molecule is COc1cc(Cl)c(C=CCCNC(=O)OCC2c3ccccc3-c3ccccc32)cc1[N+](=O)[O-]. The molecule has 0 radical (unpaired) electrons. The Bertz CT molecular complexity index is 1210. The zero-order valence-corrected chi connectivity index (χ0v) is 19.2. The lowest BCUT2D eigenvalue weighted by molar-refractivity contribution is -0.385. The standard InChI is InChI=1S/C26H23ClN2O5/c1-33-25-15-23(27)17(14-24(25)29(31)32)8-6-7-13-28-26(30)34-16-22-20-11-4-2-9-18(20)19-10-3-5-12-21(19)22/h2-6,8-12,14-15,22H,7,13,16H2,1H3,(H,28,30). The zero-order valence-electron chi connectivity index (χ0n) is 18.5. The number of benzene rings is 3. The minimum absolute atomic E-state index is 0.00560. The Morgan fingerprint density at radius 2 is 1.76 bits per heavy atom. The number of hydrogen-bond acceptors (Lipinski definition) is 5. The molecule has 7 nitrogen and oxygen atoms in total. The van der Waals surface area contributed by atoms with Gasteiger partial charge in [-0.15, -0.1) is 0 Å². The Labute approximate surface area is 202 Å². The molecule has 0 bridgehead atoms. The number of nitrogens with zero attached hydrogens (tertiary/aromatic N) is 1. The van der Waals surface area contributed by atoms with Crippen molar-refractivity contribution >= 4 is 29.5 Å². The summed E-state index contributed by atoms with van der Waals surface area (Å²) >= 11 is 6.18. The lowest BCUT2D eigenvalue weighted by atomic mass is 9.98. The van der Waals surface area contributed by atoms with E-state index in [0.717, 1.165) is 11.1 Å². The Kier molecular flexibility index (Phi) is 7.13. The maximum Gasteiger partial charge on any atom is 0.407 e. The summed E-state index contributed by atoms with van der Waals surface area (Å²) in [4.78, 5) is 22.9. The summed E-state index contributed by atoms with van der Waals surface area (Å²) in [6.45, 7) is 0.601. The van der Waals surface area contributed by atoms with Crippen molar-refractivity contribution in [2.75, 3.05) is 20.3 Å². The molecule has 1 amide bonds. The molecule has 174 valence electrons. The number of fused-ring (bicyclic) bond motifs is 3. The van der Waals surface area contributed by atoms with E-state index in [1.165, 1.54) is 30.4 Å². The van der Waals surface area contributed by atoms with Gasteiger partial charge in [0.05, 0.1) is 17.1 Å². The zero-order chi connectivity index (χ0) is 24.1. The van der Waals surface area contributed by atoms with E-state index in [9.17, 15) is 14.9 Å². The van der Waals surface area contributed by atoms with Gasteiger partial charge in [-0.05, 0) is 34.2 Å². The van der Waals surface area contributed by atoms with Gasteiger partial charge in [0.2, 0.25) is 0 Å². The van der Waals surface area contributed by atoms with Gasteiger partial charge in [0.1, 0.15) is 6.61 Å². The molecule has 0 atom stereocenters. The van der Waals surface area contributed by atoms with Crippen molar-refractivity contribution in [2.24, 2.45) is 0 Å². The van der Waals surface area contributed by atoms with Gasteiger partial charge in [-0.3, -0.25) is 10.1 Å². The predicted octanol–water partition coefficient (Wildman–Crippen LogP) is 6.20. The van der Waals surface area contributed by atoms with E-state index in [-0.39, 0.29) is 24.0 Å². The molecule has 0 saturated heterocycles. The molecule has 0 saturated carbocycles. The van der Waals surface area contributed by atoms with Crippen molar-refractivity contribution in [2.45, 2.75) is 12.3 Å². The number of hydrogen-bond donors (Lipinski definition) is 1. The first-order valence-electron chi connectivity index (χ1n) is 10.8. The molecule has 4 rings (SSSR count). The quantitative estimate of drug-likeness (QED) is 0.236. The fourth-order valence-corrected chi connectivity index (χ4v) is 4.33. The van der Waals surface area contributed by atoms with Crippen LogP contribution < -0.4 is 10.1 Å². The topological polar surface area (TPSA) is 90.7 Å². The number of methoxy groups -OCH3 is 1. The Morgan fingerprint density at radius 1 is 1.12 bits per heavy atom. The molecule has 0 spiro atoms. The van der Waals surface area contributed by atoms with E-state index < -0.39 is 11.0 Å². The van der Waals surface area contributed by atoms with Crippen LogP contribution in [0.2, 0.25) is 5.02 Å². The number of ether oxygens (including phenoxy) is 2. The fourth-order valence-electron chi connectivity index (χ4n) is 4.11. The highest BCUT2D eigenvalue weighted by molar-refractivity contribution is 6.32. The van der Waals surface area contributed by atoms with Gasteiger partial charge < -0.3 is 14.8 Å². The number of halogens is 1. The van der Waals surface area contributed by atoms with Gasteiger partial charge in [0.25, 0.3) is 0 Å². The van der Waals surface area contributed by atoms with Crippen LogP contribution in [-0.4, -0.2) is 31.3 Å². The third-order valence-corrected chi connectivity index (χ3v) is 6.04. The van der Waals surface area contributed by atoms with Crippen molar-refractivity contribution in [1.29, 1.82) is 0 Å². The lowest BCUT2D eigenvalue weighted by Gasteiger charge is -2.14. The monoisotopic (exact) mass is 478 g/mol. The number of nitro groups is 1. The van der Waals surface area contributed by atoms with Gasteiger partial charge in [0.15, 0.2) is 5.75 Å². The van der Waals surface area contributed by atoms with Crippen molar-refractivity contribution in [3.63, 3.8) is 0 Å². The number of alkyl carbamates (subject to hydrolysis) is 1. The molecule has 0 aromatic heterocycles. The molecule has 0 aliphatic heterocycles. The number of rotatable bonds is 8. The fraction of sp³-hybridized carbons (Fsp3) is 0.192. The molecule has 0 fully saturated rings. The highest BCUT2D eigenvalue weighted by Crippen LogP contribution is 2.44. The van der Waals surface area contributed by atoms with Gasteiger partial charge >= 0.3 is 11.8 Å². The van der Waals surface area contributed by atoms with Crippen molar-refractivity contribution < 1.29 is 19.2 Å². The van der Waals surface area contributed by atoms with Crippen LogP contribution in [0.15, 0.2) is 66.7 Å². The second-order valence-corrected chi connectivity index (χ2v) is 8.15. The highest BCUT2D eigenvalue weighted by Gasteiger charge is 2.28. The largest absolute Gasteiger partial charge is 0.490 e. The second kappa shape index (κ2) is 10.4. The Hall–Kier alpha value is -3.84. The van der Waals surface area contributed by atoms with E-state index in [0.29, 0.717) is 23.6 Å². The van der Waals surface area contributed by atoms with Crippen molar-refractivity contribution in [3.05, 3.63) is 98.6 Å². The van der Waals surface area contributed by atoms with Crippen LogP contribution in [0.4, 0.5) is 10.5 Å². The normalized spacial score (nSPS) is 12.3.